The molecule has 2 heterocycles. The van der Waals surface area contributed by atoms with Crippen molar-refractivity contribution >= 4 is 0 Å². The van der Waals surface area contributed by atoms with E-state index in [2.05, 4.69) is 65.8 Å². The van der Waals surface area contributed by atoms with Crippen LogP contribution in [-0.2, 0) is 22.3 Å². The summed E-state index contributed by atoms with van der Waals surface area (Å²) >= 11 is 0. The van der Waals surface area contributed by atoms with E-state index in [-0.39, 0.29) is 12.2 Å². The molecule has 4 heteroatoms. The minimum Gasteiger partial charge on any atom is -0.490 e. The first-order valence-electron chi connectivity index (χ1n) is 11.1. The Hall–Kier alpha value is -2.04. The number of hydrogen-bond donors (Lipinski definition) is 0. The predicted octanol–water partition coefficient (Wildman–Crippen LogP) is 5.04. The number of ether oxygens (including phenoxy) is 4. The van der Waals surface area contributed by atoms with E-state index in [1.807, 2.05) is 0 Å². The topological polar surface area (TPSA) is 43.5 Å². The summed E-state index contributed by atoms with van der Waals surface area (Å²) in [6, 6.07) is 9.03. The van der Waals surface area contributed by atoms with Crippen LogP contribution in [0.2, 0.25) is 0 Å². The zero-order valence-corrected chi connectivity index (χ0v) is 19.1. The molecule has 2 aromatic carbocycles. The van der Waals surface area contributed by atoms with Crippen LogP contribution in [0.1, 0.15) is 47.2 Å². The number of hydrogen-bond acceptors (Lipinski definition) is 4. The van der Waals surface area contributed by atoms with Gasteiger partial charge in [0.1, 0.15) is 36.9 Å². The number of rotatable bonds is 9. The molecule has 2 fully saturated rings. The Bertz CT molecular complexity index is 798. The summed E-state index contributed by atoms with van der Waals surface area (Å²) in [7, 11) is 0. The van der Waals surface area contributed by atoms with Gasteiger partial charge in [0.05, 0.1) is 12.2 Å². The second kappa shape index (κ2) is 8.60. The first-order valence-corrected chi connectivity index (χ1v) is 11.1. The molecule has 0 amide bonds. The molecule has 0 radical (unpaired) electrons. The lowest BCUT2D eigenvalue weighted by Crippen LogP contribution is -2.09. The quantitative estimate of drug-likeness (QED) is 0.544. The van der Waals surface area contributed by atoms with Gasteiger partial charge in [0.25, 0.3) is 0 Å². The molecule has 4 atom stereocenters. The van der Waals surface area contributed by atoms with Crippen molar-refractivity contribution in [2.24, 2.45) is 0 Å². The summed E-state index contributed by atoms with van der Waals surface area (Å²) in [5, 5.41) is 0. The van der Waals surface area contributed by atoms with E-state index in [0.717, 1.165) is 24.3 Å². The average Bonchev–Trinajstić information content (AvgIpc) is 3.57. The van der Waals surface area contributed by atoms with Crippen LogP contribution in [0.15, 0.2) is 24.3 Å². The van der Waals surface area contributed by atoms with Crippen LogP contribution in [0.3, 0.4) is 0 Å². The molecule has 0 spiro atoms. The zero-order valence-electron chi connectivity index (χ0n) is 19.1. The zero-order chi connectivity index (χ0) is 21.4. The van der Waals surface area contributed by atoms with Crippen molar-refractivity contribution < 1.29 is 18.9 Å². The van der Waals surface area contributed by atoms with Gasteiger partial charge in [-0.1, -0.05) is 24.3 Å². The summed E-state index contributed by atoms with van der Waals surface area (Å²) < 4.78 is 23.0. The van der Waals surface area contributed by atoms with Gasteiger partial charge in [0, 0.05) is 0 Å². The maximum Gasteiger partial charge on any atom is 0.125 e. The standard InChI is InChI=1S/C26H34O4/c1-15-9-21(10-16(2)25(15)27-13-23-19(5)29-23)7-8-22-11-17(3)26(18(4)12-22)28-14-24-20(6)30-24/h9-12,19-20,23-24H,7-8,13-14H2,1-6H3. The van der Waals surface area contributed by atoms with Crippen molar-refractivity contribution in [3.8, 4) is 11.5 Å². The first-order chi connectivity index (χ1) is 14.3. The van der Waals surface area contributed by atoms with E-state index >= 15 is 0 Å². The number of aryl methyl sites for hydroxylation is 6. The lowest BCUT2D eigenvalue weighted by atomic mass is 9.97. The van der Waals surface area contributed by atoms with Gasteiger partial charge >= 0.3 is 0 Å². The monoisotopic (exact) mass is 410 g/mol. The SMILES string of the molecule is Cc1cc(CCc2cc(C)c(OCC3OC3C)c(C)c2)cc(C)c1OCC1OC1C. The van der Waals surface area contributed by atoms with Crippen molar-refractivity contribution in [2.75, 3.05) is 13.2 Å². The molecule has 162 valence electrons. The Morgan fingerprint density at radius 1 is 0.633 bits per heavy atom. The van der Waals surface area contributed by atoms with E-state index in [4.69, 9.17) is 18.9 Å². The fourth-order valence-electron chi connectivity index (χ4n) is 4.25. The Labute approximate surface area is 180 Å². The van der Waals surface area contributed by atoms with Crippen LogP contribution in [0, 0.1) is 27.7 Å². The number of epoxide rings is 2. The molecule has 4 nitrogen and oxygen atoms in total. The van der Waals surface area contributed by atoms with Gasteiger partial charge in [-0.3, -0.25) is 0 Å². The fourth-order valence-corrected chi connectivity index (χ4v) is 4.25. The van der Waals surface area contributed by atoms with Gasteiger partial charge in [-0.15, -0.1) is 0 Å². The molecular weight excluding hydrogens is 376 g/mol. The fraction of sp³-hybridized carbons (Fsp3) is 0.538. The van der Waals surface area contributed by atoms with Crippen LogP contribution >= 0.6 is 0 Å². The molecule has 0 aliphatic carbocycles. The molecule has 4 unspecified atom stereocenters. The molecule has 0 saturated carbocycles. The highest BCUT2D eigenvalue weighted by Gasteiger charge is 2.35. The van der Waals surface area contributed by atoms with Gasteiger partial charge < -0.3 is 18.9 Å². The predicted molar refractivity (Wildman–Crippen MR) is 119 cm³/mol. The third-order valence-electron chi connectivity index (χ3n) is 6.20. The van der Waals surface area contributed by atoms with E-state index in [1.165, 1.54) is 33.4 Å². The molecule has 2 aliphatic rings. The summed E-state index contributed by atoms with van der Waals surface area (Å²) in [6.07, 6.45) is 3.19. The lowest BCUT2D eigenvalue weighted by molar-refractivity contribution is 0.258. The van der Waals surface area contributed by atoms with Crippen molar-refractivity contribution in [1.29, 1.82) is 0 Å². The molecule has 0 bridgehead atoms. The van der Waals surface area contributed by atoms with Crippen molar-refractivity contribution in [1.82, 2.24) is 0 Å². The largest absolute Gasteiger partial charge is 0.490 e. The molecule has 4 rings (SSSR count). The van der Waals surface area contributed by atoms with Crippen LogP contribution in [-0.4, -0.2) is 37.6 Å². The summed E-state index contributed by atoms with van der Waals surface area (Å²) in [4.78, 5) is 0. The van der Waals surface area contributed by atoms with Gasteiger partial charge in [0.2, 0.25) is 0 Å². The highest BCUT2D eigenvalue weighted by atomic mass is 16.6. The smallest absolute Gasteiger partial charge is 0.125 e. The highest BCUT2D eigenvalue weighted by molar-refractivity contribution is 5.45. The molecule has 0 aromatic heterocycles. The first kappa shape index (κ1) is 21.2. The van der Waals surface area contributed by atoms with Crippen LogP contribution in [0.4, 0.5) is 0 Å². The third-order valence-corrected chi connectivity index (χ3v) is 6.20. The second-order valence-corrected chi connectivity index (χ2v) is 9.00. The van der Waals surface area contributed by atoms with Crippen LogP contribution in [0.25, 0.3) is 0 Å². The third kappa shape index (κ3) is 4.98. The van der Waals surface area contributed by atoms with Crippen molar-refractivity contribution in [3.05, 3.63) is 57.6 Å². The normalized spacial score (nSPS) is 24.6. The highest BCUT2D eigenvalue weighted by Crippen LogP contribution is 2.30. The maximum atomic E-state index is 6.03. The van der Waals surface area contributed by atoms with Gasteiger partial charge in [-0.2, -0.15) is 0 Å². The average molecular weight is 411 g/mol. The van der Waals surface area contributed by atoms with Gasteiger partial charge in [0.15, 0.2) is 0 Å². The van der Waals surface area contributed by atoms with Gasteiger partial charge in [-0.05, 0) is 87.8 Å². The molecular formula is C26H34O4. The molecule has 2 saturated heterocycles. The van der Waals surface area contributed by atoms with E-state index in [1.54, 1.807) is 0 Å². The Morgan fingerprint density at radius 2 is 0.933 bits per heavy atom. The molecule has 2 aromatic rings. The molecule has 0 N–H and O–H groups in total. The summed E-state index contributed by atoms with van der Waals surface area (Å²) in [6.45, 7) is 14.0. The summed E-state index contributed by atoms with van der Waals surface area (Å²) in [5.74, 6) is 2.01. The van der Waals surface area contributed by atoms with Crippen molar-refractivity contribution in [2.45, 2.75) is 78.8 Å². The summed E-state index contributed by atoms with van der Waals surface area (Å²) in [5.41, 5.74) is 7.50. The Balaban J connectivity index is 1.36. The van der Waals surface area contributed by atoms with E-state index in [9.17, 15) is 0 Å². The minimum atomic E-state index is 0.252. The van der Waals surface area contributed by atoms with Gasteiger partial charge in [-0.25, -0.2) is 0 Å². The number of benzene rings is 2. The maximum absolute atomic E-state index is 6.03. The van der Waals surface area contributed by atoms with Crippen LogP contribution < -0.4 is 9.47 Å². The Morgan fingerprint density at radius 3 is 1.20 bits per heavy atom. The van der Waals surface area contributed by atoms with E-state index < -0.39 is 0 Å². The van der Waals surface area contributed by atoms with E-state index in [0.29, 0.717) is 25.4 Å². The minimum absolute atomic E-state index is 0.252. The Kier molecular flexibility index (Phi) is 6.08. The van der Waals surface area contributed by atoms with Crippen LogP contribution in [0.5, 0.6) is 11.5 Å². The lowest BCUT2D eigenvalue weighted by Gasteiger charge is -2.15. The second-order valence-electron chi connectivity index (χ2n) is 9.00. The molecule has 2 aliphatic heterocycles. The van der Waals surface area contributed by atoms with Crippen molar-refractivity contribution in [3.63, 3.8) is 0 Å². The molecule has 30 heavy (non-hydrogen) atoms.